The topological polar surface area (TPSA) is 80.8 Å². The second kappa shape index (κ2) is 7.69. The fourth-order valence-corrected chi connectivity index (χ4v) is 8.48. The smallest absolute Gasteiger partial charge is 0.338 e. The van der Waals surface area contributed by atoms with Crippen LogP contribution in [0.25, 0.3) is 0 Å². The Labute approximate surface area is 184 Å². The molecule has 5 aliphatic rings. The van der Waals surface area contributed by atoms with Crippen molar-refractivity contribution in [3.05, 3.63) is 29.8 Å². The summed E-state index contributed by atoms with van der Waals surface area (Å²) in [6.45, 7) is 2.76. The Morgan fingerprint density at radius 2 is 1.48 bits per heavy atom. The summed E-state index contributed by atoms with van der Waals surface area (Å²) in [5, 5.41) is 0. The molecule has 0 amide bonds. The van der Waals surface area contributed by atoms with Crippen molar-refractivity contribution in [2.45, 2.75) is 69.3 Å². The van der Waals surface area contributed by atoms with Gasteiger partial charge in [0.25, 0.3) is 0 Å². The quantitative estimate of drug-likeness (QED) is 0.622. The number of Topliss-reactive ketones (excluding diaryl/α,β-unsaturated/α-hetero) is 1. The lowest BCUT2D eigenvalue weighted by Crippen LogP contribution is -2.52. The van der Waals surface area contributed by atoms with Crippen LogP contribution in [-0.4, -0.2) is 43.7 Å². The Morgan fingerprint density at radius 3 is 2.00 bits per heavy atom. The molecule has 6 nitrogen and oxygen atoms in total. The number of sulfonamides is 1. The largest absolute Gasteiger partial charge is 0.451 e. The number of carbonyl (C=O) groups is 2. The molecule has 7 heteroatoms. The van der Waals surface area contributed by atoms with Crippen molar-refractivity contribution in [3.63, 3.8) is 0 Å². The van der Waals surface area contributed by atoms with E-state index in [2.05, 4.69) is 0 Å². The second-order valence-electron chi connectivity index (χ2n) is 10.2. The van der Waals surface area contributed by atoms with Gasteiger partial charge in [-0.15, -0.1) is 0 Å². The Bertz CT molecular complexity index is 942. The van der Waals surface area contributed by atoms with E-state index in [0.717, 1.165) is 32.1 Å². The van der Waals surface area contributed by atoms with Crippen molar-refractivity contribution in [2.24, 2.45) is 23.2 Å². The zero-order chi connectivity index (χ0) is 21.8. The minimum absolute atomic E-state index is 0.0770. The predicted octanol–water partition coefficient (Wildman–Crippen LogP) is 3.80. The SMILES string of the molecule is CC(OC(=O)c1ccc(S(=O)(=O)N2CCCC2)cc1)C(=O)C12CC3CC(CC(C3)C1)C2. The number of nitrogens with zero attached hydrogens (tertiary/aromatic N) is 1. The third-order valence-corrected chi connectivity index (χ3v) is 9.92. The first-order valence-electron chi connectivity index (χ1n) is 11.6. The van der Waals surface area contributed by atoms with Gasteiger partial charge in [-0.3, -0.25) is 4.79 Å². The molecule has 1 aromatic rings. The first kappa shape index (κ1) is 21.1. The van der Waals surface area contributed by atoms with Crippen LogP contribution in [0, 0.1) is 23.2 Å². The van der Waals surface area contributed by atoms with E-state index in [4.69, 9.17) is 4.74 Å². The van der Waals surface area contributed by atoms with E-state index in [1.165, 1.54) is 47.8 Å². The van der Waals surface area contributed by atoms with Gasteiger partial charge in [0.05, 0.1) is 10.5 Å². The van der Waals surface area contributed by atoms with Gasteiger partial charge in [-0.2, -0.15) is 4.31 Å². The van der Waals surface area contributed by atoms with Crippen LogP contribution in [0.2, 0.25) is 0 Å². The molecule has 1 atom stereocenters. The number of ether oxygens (including phenoxy) is 1. The summed E-state index contributed by atoms with van der Waals surface area (Å²) in [7, 11) is -3.52. The standard InChI is InChI=1S/C24H31NO5S/c1-16(22(26)24-13-17-10-18(14-24)12-19(11-17)15-24)30-23(27)20-4-6-21(7-5-20)31(28,29)25-8-2-3-9-25/h4-7,16-19H,2-3,8-15H2,1H3. The number of carbonyl (C=O) groups excluding carboxylic acids is 2. The van der Waals surface area contributed by atoms with Crippen LogP contribution in [0.5, 0.6) is 0 Å². The zero-order valence-electron chi connectivity index (χ0n) is 18.1. The summed E-state index contributed by atoms with van der Waals surface area (Å²) in [5.74, 6) is 1.47. The van der Waals surface area contributed by atoms with E-state index >= 15 is 0 Å². The molecule has 4 aliphatic carbocycles. The third kappa shape index (κ3) is 3.74. The normalized spacial score (nSPS) is 33.4. The molecule has 168 valence electrons. The van der Waals surface area contributed by atoms with E-state index < -0.39 is 22.1 Å². The fourth-order valence-electron chi connectivity index (χ4n) is 6.97. The molecule has 1 aliphatic heterocycles. The van der Waals surface area contributed by atoms with Gasteiger partial charge in [0.15, 0.2) is 11.9 Å². The van der Waals surface area contributed by atoms with Crippen molar-refractivity contribution in [1.29, 1.82) is 0 Å². The lowest BCUT2D eigenvalue weighted by Gasteiger charge is -2.56. The zero-order valence-corrected chi connectivity index (χ0v) is 18.9. The van der Waals surface area contributed by atoms with Gasteiger partial charge < -0.3 is 4.74 Å². The number of ketones is 1. The summed E-state index contributed by atoms with van der Waals surface area (Å²) in [6.07, 6.45) is 7.58. The lowest BCUT2D eigenvalue weighted by molar-refractivity contribution is -0.152. The average Bonchev–Trinajstić information content (AvgIpc) is 3.28. The van der Waals surface area contributed by atoms with E-state index in [9.17, 15) is 18.0 Å². The number of benzene rings is 1. The van der Waals surface area contributed by atoms with Gasteiger partial charge >= 0.3 is 5.97 Å². The van der Waals surface area contributed by atoms with E-state index in [1.54, 1.807) is 6.92 Å². The van der Waals surface area contributed by atoms with Crippen LogP contribution >= 0.6 is 0 Å². The lowest BCUT2D eigenvalue weighted by atomic mass is 9.48. The minimum atomic E-state index is -3.52. The van der Waals surface area contributed by atoms with Gasteiger partial charge in [-0.25, -0.2) is 13.2 Å². The summed E-state index contributed by atoms with van der Waals surface area (Å²) in [4.78, 5) is 26.2. The Morgan fingerprint density at radius 1 is 0.968 bits per heavy atom. The maximum absolute atomic E-state index is 13.3. The average molecular weight is 446 g/mol. The van der Waals surface area contributed by atoms with Gasteiger partial charge in [-0.1, -0.05) is 0 Å². The van der Waals surface area contributed by atoms with Crippen molar-refractivity contribution in [2.75, 3.05) is 13.1 Å². The van der Waals surface area contributed by atoms with E-state index in [1.807, 2.05) is 0 Å². The molecular weight excluding hydrogens is 414 g/mol. The van der Waals surface area contributed by atoms with Crippen molar-refractivity contribution < 1.29 is 22.7 Å². The first-order valence-corrected chi connectivity index (χ1v) is 13.1. The maximum Gasteiger partial charge on any atom is 0.338 e. The maximum atomic E-state index is 13.3. The molecule has 4 saturated carbocycles. The van der Waals surface area contributed by atoms with Crippen LogP contribution < -0.4 is 0 Å². The van der Waals surface area contributed by atoms with Crippen LogP contribution in [-0.2, 0) is 19.6 Å². The summed E-state index contributed by atoms with van der Waals surface area (Å²) < 4.78 is 32.4. The molecule has 0 radical (unpaired) electrons. The molecule has 1 aromatic carbocycles. The molecule has 1 saturated heterocycles. The van der Waals surface area contributed by atoms with Crippen LogP contribution in [0.1, 0.15) is 68.6 Å². The molecule has 1 unspecified atom stereocenters. The fraction of sp³-hybridized carbons (Fsp3) is 0.667. The van der Waals surface area contributed by atoms with Gasteiger partial charge in [0.1, 0.15) is 0 Å². The monoisotopic (exact) mass is 445 g/mol. The highest BCUT2D eigenvalue weighted by Crippen LogP contribution is 2.60. The minimum Gasteiger partial charge on any atom is -0.451 e. The molecule has 0 spiro atoms. The second-order valence-corrected chi connectivity index (χ2v) is 12.2. The number of esters is 1. The Kier molecular flexibility index (Phi) is 5.25. The number of hydrogen-bond donors (Lipinski definition) is 0. The number of rotatable bonds is 6. The Balaban J connectivity index is 1.25. The summed E-state index contributed by atoms with van der Waals surface area (Å²) in [5.41, 5.74) is -0.0344. The molecule has 1 heterocycles. The van der Waals surface area contributed by atoms with Gasteiger partial charge in [-0.05, 0) is 100 Å². The highest BCUT2D eigenvalue weighted by atomic mass is 32.2. The van der Waals surface area contributed by atoms with Crippen molar-refractivity contribution >= 4 is 21.8 Å². The molecule has 5 fully saturated rings. The molecule has 6 rings (SSSR count). The van der Waals surface area contributed by atoms with Crippen LogP contribution in [0.3, 0.4) is 0 Å². The molecule has 4 bridgehead atoms. The predicted molar refractivity (Wildman–Crippen MR) is 115 cm³/mol. The summed E-state index contributed by atoms with van der Waals surface area (Å²) >= 11 is 0. The van der Waals surface area contributed by atoms with Crippen LogP contribution in [0.15, 0.2) is 29.2 Å². The Hall–Kier alpha value is -1.73. The summed E-state index contributed by atoms with van der Waals surface area (Å²) in [6, 6.07) is 5.87. The van der Waals surface area contributed by atoms with Crippen molar-refractivity contribution in [1.82, 2.24) is 4.31 Å². The van der Waals surface area contributed by atoms with Crippen LogP contribution in [0.4, 0.5) is 0 Å². The highest BCUT2D eigenvalue weighted by Gasteiger charge is 2.55. The van der Waals surface area contributed by atoms with Gasteiger partial charge in [0, 0.05) is 18.5 Å². The van der Waals surface area contributed by atoms with E-state index in [0.29, 0.717) is 30.8 Å². The van der Waals surface area contributed by atoms with Crippen molar-refractivity contribution in [3.8, 4) is 0 Å². The molecular formula is C24H31NO5S. The van der Waals surface area contributed by atoms with E-state index in [-0.39, 0.29) is 21.7 Å². The molecule has 31 heavy (non-hydrogen) atoms. The first-order chi connectivity index (χ1) is 14.8. The van der Waals surface area contributed by atoms with Gasteiger partial charge in [0.2, 0.25) is 10.0 Å². The molecule has 0 aromatic heterocycles. The third-order valence-electron chi connectivity index (χ3n) is 8.01. The number of hydrogen-bond acceptors (Lipinski definition) is 5. The molecule has 0 N–H and O–H groups in total. The highest BCUT2D eigenvalue weighted by molar-refractivity contribution is 7.89.